The summed E-state index contributed by atoms with van der Waals surface area (Å²) < 4.78 is 1.83. The Balaban J connectivity index is 1.49. The number of piperidine rings is 1. The number of hydrogen-bond acceptors (Lipinski definition) is 6. The number of benzene rings is 1. The van der Waals surface area contributed by atoms with Crippen LogP contribution in [0.2, 0.25) is 0 Å². The monoisotopic (exact) mass is 536 g/mol. The molecular weight excluding hydrogens is 492 g/mol. The van der Waals surface area contributed by atoms with Crippen molar-refractivity contribution >= 4 is 22.7 Å². The Hall–Kier alpha value is -2.74. The van der Waals surface area contributed by atoms with Gasteiger partial charge in [0.25, 0.3) is 5.56 Å². The third kappa shape index (κ3) is 5.91. The van der Waals surface area contributed by atoms with Gasteiger partial charge in [0, 0.05) is 24.2 Å². The third-order valence-corrected chi connectivity index (χ3v) is 9.21. The molecule has 0 amide bonds. The van der Waals surface area contributed by atoms with Crippen molar-refractivity contribution in [3.05, 3.63) is 40.3 Å². The van der Waals surface area contributed by atoms with Crippen LogP contribution in [0.4, 0.5) is 0 Å². The van der Waals surface area contributed by atoms with E-state index >= 15 is 0 Å². The number of carbonyl (C=O) groups is 1. The van der Waals surface area contributed by atoms with Crippen molar-refractivity contribution < 1.29 is 14.7 Å². The molecular formula is C31H44N4O4. The first kappa shape index (κ1) is 27.8. The number of para-hydroxylation sites is 2. The lowest BCUT2D eigenvalue weighted by Crippen LogP contribution is -2.50. The number of rotatable bonds is 7. The fraction of sp³-hybridized carbons (Fsp3) is 0.677. The summed E-state index contributed by atoms with van der Waals surface area (Å²) in [5.74, 6) is -0.510. The van der Waals surface area contributed by atoms with Gasteiger partial charge in [0.1, 0.15) is 6.10 Å². The average Bonchev–Trinajstić information content (AvgIpc) is 3.23. The number of carboxylic acid groups (broad SMARTS) is 1. The fourth-order valence-electron chi connectivity index (χ4n) is 7.43. The molecule has 1 saturated carbocycles. The first-order chi connectivity index (χ1) is 18.9. The predicted molar refractivity (Wildman–Crippen MR) is 153 cm³/mol. The Kier molecular flexibility index (Phi) is 8.70. The van der Waals surface area contributed by atoms with Crippen molar-refractivity contribution in [1.82, 2.24) is 14.5 Å². The van der Waals surface area contributed by atoms with E-state index in [1.807, 2.05) is 28.8 Å². The number of aromatic nitrogens is 2. The minimum Gasteiger partial charge on any atom is -0.476 e. The standard InChI is InChI=1S/C31H44N4O4/c1-4-21-11-7-5-6-8-12-22(17-21)34-23-15-16-24(34)19-25(18-23)35-27-14-10-9-13-26(27)32-28(30(35)36)29(31(37)38)33-39-20(2)3/h9-10,13-14,20-25H,4-8,11-12,15-19H2,1-3H3,(H,37,38). The third-order valence-electron chi connectivity index (χ3n) is 9.21. The second-order valence-corrected chi connectivity index (χ2v) is 12.1. The summed E-state index contributed by atoms with van der Waals surface area (Å²) in [6.45, 7) is 5.87. The van der Waals surface area contributed by atoms with Gasteiger partial charge in [0.05, 0.1) is 11.0 Å². The van der Waals surface area contributed by atoms with Crippen molar-refractivity contribution in [3.63, 3.8) is 0 Å². The number of oxime groups is 1. The summed E-state index contributed by atoms with van der Waals surface area (Å²) in [5, 5.41) is 13.7. The SMILES string of the molecule is CCC1CCCCCCC(N2C3CCC2CC(n2c(=O)c(C(=NOC(C)C)C(=O)O)nc4ccccc42)C3)C1. The van der Waals surface area contributed by atoms with E-state index in [2.05, 4.69) is 22.0 Å². The van der Waals surface area contributed by atoms with E-state index in [1.165, 1.54) is 64.2 Å². The largest absolute Gasteiger partial charge is 0.476 e. The Bertz CT molecular complexity index is 1240. The summed E-state index contributed by atoms with van der Waals surface area (Å²) >= 11 is 0. The molecule has 2 aliphatic heterocycles. The lowest BCUT2D eigenvalue weighted by Gasteiger charge is -2.45. The van der Waals surface area contributed by atoms with E-state index in [1.54, 1.807) is 13.8 Å². The zero-order valence-corrected chi connectivity index (χ0v) is 23.7. The summed E-state index contributed by atoms with van der Waals surface area (Å²) in [6, 6.07) is 9.08. The van der Waals surface area contributed by atoms with Crippen LogP contribution in [0, 0.1) is 5.92 Å². The highest BCUT2D eigenvalue weighted by Gasteiger charge is 2.45. The van der Waals surface area contributed by atoms with E-state index in [9.17, 15) is 14.7 Å². The minimum atomic E-state index is -1.32. The average molecular weight is 537 g/mol. The van der Waals surface area contributed by atoms with Gasteiger partial charge in [-0.1, -0.05) is 62.7 Å². The number of aliphatic carboxylic acids is 1. The van der Waals surface area contributed by atoms with Crippen LogP contribution in [0.15, 0.2) is 34.2 Å². The van der Waals surface area contributed by atoms with Crippen LogP contribution < -0.4 is 5.56 Å². The molecule has 3 fully saturated rings. The minimum absolute atomic E-state index is 0.00253. The number of fused-ring (bicyclic) bond motifs is 3. The van der Waals surface area contributed by atoms with E-state index in [4.69, 9.17) is 4.84 Å². The van der Waals surface area contributed by atoms with Crippen LogP contribution >= 0.6 is 0 Å². The summed E-state index contributed by atoms with van der Waals surface area (Å²) in [5.41, 5.74) is 0.367. The predicted octanol–water partition coefficient (Wildman–Crippen LogP) is 5.92. The Labute approximate surface area is 231 Å². The highest BCUT2D eigenvalue weighted by Crippen LogP contribution is 2.44. The highest BCUT2D eigenvalue weighted by molar-refractivity contribution is 6.41. The van der Waals surface area contributed by atoms with Gasteiger partial charge >= 0.3 is 5.97 Å². The Morgan fingerprint density at radius 3 is 2.33 bits per heavy atom. The Morgan fingerprint density at radius 1 is 1.00 bits per heavy atom. The molecule has 1 aromatic heterocycles. The molecule has 3 heterocycles. The second kappa shape index (κ2) is 12.2. The van der Waals surface area contributed by atoms with Crippen LogP contribution in [0.1, 0.15) is 110 Å². The molecule has 2 saturated heterocycles. The topological polar surface area (TPSA) is 97.0 Å². The lowest BCUT2D eigenvalue weighted by atomic mass is 9.87. The van der Waals surface area contributed by atoms with Gasteiger partial charge < -0.3 is 14.5 Å². The molecule has 0 spiro atoms. The summed E-state index contributed by atoms with van der Waals surface area (Å²) in [4.78, 5) is 38.7. The molecule has 4 atom stereocenters. The molecule has 39 heavy (non-hydrogen) atoms. The van der Waals surface area contributed by atoms with Gasteiger partial charge in [-0.2, -0.15) is 0 Å². The smallest absolute Gasteiger partial charge is 0.360 e. The maximum atomic E-state index is 14.0. The fourth-order valence-corrected chi connectivity index (χ4v) is 7.43. The van der Waals surface area contributed by atoms with Gasteiger partial charge in [-0.15, -0.1) is 0 Å². The van der Waals surface area contributed by atoms with Crippen LogP contribution in [0.3, 0.4) is 0 Å². The van der Waals surface area contributed by atoms with Crippen LogP contribution in [0.25, 0.3) is 11.0 Å². The van der Waals surface area contributed by atoms with Crippen molar-refractivity contribution in [3.8, 4) is 0 Å². The van der Waals surface area contributed by atoms with E-state index < -0.39 is 17.2 Å². The molecule has 1 aromatic carbocycles. The molecule has 3 aliphatic rings. The number of nitrogens with zero attached hydrogens (tertiary/aromatic N) is 4. The maximum Gasteiger partial charge on any atom is 0.360 e. The van der Waals surface area contributed by atoms with Crippen LogP contribution in [0.5, 0.6) is 0 Å². The Morgan fingerprint density at radius 2 is 1.67 bits per heavy atom. The van der Waals surface area contributed by atoms with Crippen molar-refractivity contribution in [2.75, 3.05) is 0 Å². The molecule has 1 N–H and O–H groups in total. The van der Waals surface area contributed by atoms with Crippen LogP contribution in [-0.2, 0) is 9.63 Å². The molecule has 5 rings (SSSR count). The maximum absolute atomic E-state index is 14.0. The molecule has 0 radical (unpaired) electrons. The summed E-state index contributed by atoms with van der Waals surface area (Å²) in [6.07, 6.45) is 14.4. The molecule has 8 nitrogen and oxygen atoms in total. The quantitative estimate of drug-likeness (QED) is 0.349. The van der Waals surface area contributed by atoms with Crippen molar-refractivity contribution in [2.24, 2.45) is 11.1 Å². The first-order valence-corrected chi connectivity index (χ1v) is 15.1. The van der Waals surface area contributed by atoms with Crippen molar-refractivity contribution in [2.45, 2.75) is 128 Å². The highest BCUT2D eigenvalue weighted by atomic mass is 16.6. The molecule has 2 bridgehead atoms. The normalized spacial score (nSPS) is 28.7. The zero-order chi connectivity index (χ0) is 27.5. The van der Waals surface area contributed by atoms with Gasteiger partial charge in [0.15, 0.2) is 5.69 Å². The molecule has 212 valence electrons. The zero-order valence-electron chi connectivity index (χ0n) is 23.7. The lowest BCUT2D eigenvalue weighted by molar-refractivity contribution is -0.129. The molecule has 2 aromatic rings. The molecule has 4 unspecified atom stereocenters. The van der Waals surface area contributed by atoms with E-state index in [0.29, 0.717) is 23.6 Å². The summed E-state index contributed by atoms with van der Waals surface area (Å²) in [7, 11) is 0. The number of hydrogen-bond donors (Lipinski definition) is 1. The molecule has 8 heteroatoms. The van der Waals surface area contributed by atoms with E-state index in [0.717, 1.165) is 24.3 Å². The second-order valence-electron chi connectivity index (χ2n) is 12.1. The van der Waals surface area contributed by atoms with Crippen molar-refractivity contribution in [1.29, 1.82) is 0 Å². The van der Waals surface area contributed by atoms with Gasteiger partial charge in [0.2, 0.25) is 5.71 Å². The van der Waals surface area contributed by atoms with E-state index in [-0.39, 0.29) is 17.8 Å². The van der Waals surface area contributed by atoms with Gasteiger partial charge in [-0.25, -0.2) is 9.78 Å². The van der Waals surface area contributed by atoms with Gasteiger partial charge in [-0.05, 0) is 70.4 Å². The van der Waals surface area contributed by atoms with Crippen LogP contribution in [-0.4, -0.2) is 55.5 Å². The molecule has 1 aliphatic carbocycles. The van der Waals surface area contributed by atoms with Gasteiger partial charge in [-0.3, -0.25) is 9.69 Å². The number of carboxylic acids is 1. The first-order valence-electron chi connectivity index (χ1n) is 15.1.